The molecule has 0 aliphatic carbocycles. The monoisotopic (exact) mass is 355 g/mol. The molecule has 3 aromatic rings. The average Bonchev–Trinajstić information content (AvgIpc) is 3.40. The van der Waals surface area contributed by atoms with Gasteiger partial charge in [0.1, 0.15) is 11.5 Å². The Morgan fingerprint density at radius 3 is 3.08 bits per heavy atom. The topological polar surface area (TPSA) is 85.7 Å². The highest BCUT2D eigenvalue weighted by molar-refractivity contribution is 5.95. The van der Waals surface area contributed by atoms with E-state index in [-0.39, 0.29) is 17.6 Å². The van der Waals surface area contributed by atoms with Crippen LogP contribution in [0.4, 0.5) is 4.39 Å². The Morgan fingerprint density at radius 2 is 2.27 bits per heavy atom. The third-order valence-electron chi connectivity index (χ3n) is 4.51. The van der Waals surface area contributed by atoms with Crippen LogP contribution in [0, 0.1) is 5.82 Å². The van der Waals surface area contributed by atoms with E-state index in [2.05, 4.69) is 20.5 Å². The van der Waals surface area contributed by atoms with Crippen molar-refractivity contribution in [2.24, 2.45) is 0 Å². The van der Waals surface area contributed by atoms with E-state index in [1.807, 2.05) is 0 Å². The van der Waals surface area contributed by atoms with E-state index in [0.717, 1.165) is 25.9 Å². The maximum atomic E-state index is 14.0. The van der Waals surface area contributed by atoms with Crippen molar-refractivity contribution in [3.05, 3.63) is 48.0 Å². The molecular formula is C18H18FN5O2. The van der Waals surface area contributed by atoms with Gasteiger partial charge < -0.3 is 9.72 Å². The van der Waals surface area contributed by atoms with Gasteiger partial charge in [-0.3, -0.25) is 4.79 Å². The number of halogens is 1. The van der Waals surface area contributed by atoms with E-state index in [1.165, 1.54) is 10.7 Å². The number of para-hydroxylation sites is 1. The summed E-state index contributed by atoms with van der Waals surface area (Å²) >= 11 is 0. The lowest BCUT2D eigenvalue weighted by molar-refractivity contribution is 0.0856. The zero-order chi connectivity index (χ0) is 17.9. The van der Waals surface area contributed by atoms with Crippen molar-refractivity contribution in [3.8, 4) is 17.1 Å². The number of hydrogen-bond acceptors (Lipinski definition) is 5. The van der Waals surface area contributed by atoms with E-state index < -0.39 is 5.82 Å². The van der Waals surface area contributed by atoms with Crippen LogP contribution in [0.3, 0.4) is 0 Å². The zero-order valence-electron chi connectivity index (χ0n) is 14.1. The molecule has 26 heavy (non-hydrogen) atoms. The van der Waals surface area contributed by atoms with Crippen LogP contribution in [0.5, 0.6) is 0 Å². The van der Waals surface area contributed by atoms with E-state index in [1.54, 1.807) is 30.5 Å². The summed E-state index contributed by atoms with van der Waals surface area (Å²) in [6.07, 6.45) is 5.05. The van der Waals surface area contributed by atoms with E-state index in [9.17, 15) is 9.18 Å². The van der Waals surface area contributed by atoms with Gasteiger partial charge in [0.05, 0.1) is 11.8 Å². The second kappa shape index (κ2) is 7.17. The van der Waals surface area contributed by atoms with Crippen molar-refractivity contribution in [1.29, 1.82) is 0 Å². The minimum atomic E-state index is -0.426. The van der Waals surface area contributed by atoms with Crippen LogP contribution in [0.1, 0.15) is 36.2 Å². The number of nitrogens with one attached hydrogen (secondary N) is 1. The number of hydrogen-bond donors (Lipinski definition) is 1. The lowest BCUT2D eigenvalue weighted by Crippen LogP contribution is -2.09. The summed E-state index contributed by atoms with van der Waals surface area (Å²) in [6.45, 7) is 0.782. The van der Waals surface area contributed by atoms with Crippen molar-refractivity contribution in [2.75, 3.05) is 6.61 Å². The van der Waals surface area contributed by atoms with Gasteiger partial charge in [0.15, 0.2) is 11.6 Å². The number of benzene rings is 1. The number of ketones is 1. The fourth-order valence-corrected chi connectivity index (χ4v) is 3.14. The predicted molar refractivity (Wildman–Crippen MR) is 91.4 cm³/mol. The average molecular weight is 355 g/mol. The van der Waals surface area contributed by atoms with Gasteiger partial charge in [0.25, 0.3) is 0 Å². The van der Waals surface area contributed by atoms with Crippen molar-refractivity contribution in [1.82, 2.24) is 25.2 Å². The third-order valence-corrected chi connectivity index (χ3v) is 4.51. The van der Waals surface area contributed by atoms with Gasteiger partial charge in [-0.1, -0.05) is 12.1 Å². The third kappa shape index (κ3) is 3.28. The molecule has 7 nitrogen and oxygen atoms in total. The Morgan fingerprint density at radius 1 is 1.38 bits per heavy atom. The lowest BCUT2D eigenvalue weighted by Gasteiger charge is -2.07. The number of carbonyl (C=O) groups is 1. The van der Waals surface area contributed by atoms with Gasteiger partial charge in [-0.05, 0) is 47.9 Å². The molecule has 0 radical (unpaired) electrons. The summed E-state index contributed by atoms with van der Waals surface area (Å²) in [6, 6.07) is 7.94. The number of tetrazole rings is 1. The molecule has 3 heterocycles. The Kier molecular flexibility index (Phi) is 4.57. The van der Waals surface area contributed by atoms with Crippen molar-refractivity contribution >= 4 is 5.78 Å². The highest BCUT2D eigenvalue weighted by Crippen LogP contribution is 2.23. The summed E-state index contributed by atoms with van der Waals surface area (Å²) in [7, 11) is 0. The molecule has 0 saturated carbocycles. The first-order chi connectivity index (χ1) is 12.7. The van der Waals surface area contributed by atoms with Gasteiger partial charge in [-0.2, -0.15) is 4.68 Å². The summed E-state index contributed by atoms with van der Waals surface area (Å²) in [5.41, 5.74) is 1.36. The lowest BCUT2D eigenvalue weighted by atomic mass is 10.1. The van der Waals surface area contributed by atoms with Crippen LogP contribution < -0.4 is 0 Å². The number of Topliss-reactive ketones (excluding diaryl/α,β-unsaturated/α-hetero) is 1. The summed E-state index contributed by atoms with van der Waals surface area (Å²) in [5.74, 6) is -0.0503. The minimum absolute atomic E-state index is 0.0108. The molecule has 1 unspecified atom stereocenters. The molecule has 1 fully saturated rings. The first-order valence-electron chi connectivity index (χ1n) is 8.59. The molecule has 1 N–H and O–H groups in total. The molecule has 8 heteroatoms. The van der Waals surface area contributed by atoms with Crippen LogP contribution in [-0.2, 0) is 4.74 Å². The van der Waals surface area contributed by atoms with Crippen molar-refractivity contribution < 1.29 is 13.9 Å². The van der Waals surface area contributed by atoms with E-state index >= 15 is 0 Å². The van der Waals surface area contributed by atoms with Crippen LogP contribution in [-0.4, -0.2) is 43.7 Å². The minimum Gasteiger partial charge on any atom is -0.378 e. The largest absolute Gasteiger partial charge is 0.378 e. The highest BCUT2D eigenvalue weighted by atomic mass is 19.1. The molecule has 2 aromatic heterocycles. The van der Waals surface area contributed by atoms with Gasteiger partial charge in [-0.15, -0.1) is 5.10 Å². The van der Waals surface area contributed by atoms with Crippen molar-refractivity contribution in [3.63, 3.8) is 0 Å². The predicted octanol–water partition coefficient (Wildman–Crippen LogP) is 2.94. The SMILES string of the molecule is O=C(CCC1CCCO1)c1cc(-c2nnnn2-c2ccccc2F)c[nH]1. The molecule has 1 aliphatic heterocycles. The molecule has 4 rings (SSSR count). The molecular weight excluding hydrogens is 337 g/mol. The van der Waals surface area contributed by atoms with E-state index in [4.69, 9.17) is 4.74 Å². The Balaban J connectivity index is 1.53. The Hall–Kier alpha value is -2.87. The van der Waals surface area contributed by atoms with Crippen LogP contribution in [0.2, 0.25) is 0 Å². The summed E-state index contributed by atoms with van der Waals surface area (Å²) in [4.78, 5) is 15.4. The normalized spacial score (nSPS) is 16.9. The number of aromatic amines is 1. The zero-order valence-corrected chi connectivity index (χ0v) is 14.1. The first-order valence-corrected chi connectivity index (χ1v) is 8.59. The smallest absolute Gasteiger partial charge is 0.188 e. The van der Waals surface area contributed by atoms with E-state index in [0.29, 0.717) is 23.5 Å². The van der Waals surface area contributed by atoms with Gasteiger partial charge in [0.2, 0.25) is 0 Å². The Bertz CT molecular complexity index is 914. The fourth-order valence-electron chi connectivity index (χ4n) is 3.14. The maximum absolute atomic E-state index is 14.0. The number of ether oxygens (including phenoxy) is 1. The quantitative estimate of drug-likeness (QED) is 0.687. The standard InChI is InChI=1S/C18H18FN5O2/c19-14-5-1-2-6-16(14)24-18(21-22-23-24)12-10-15(20-11-12)17(25)8-7-13-4-3-9-26-13/h1-2,5-6,10-11,13,20H,3-4,7-9H2. The molecule has 1 atom stereocenters. The first kappa shape index (κ1) is 16.6. The van der Waals surface area contributed by atoms with Crippen LogP contribution in [0.25, 0.3) is 17.1 Å². The van der Waals surface area contributed by atoms with Gasteiger partial charge in [0, 0.05) is 24.8 Å². The fraction of sp³-hybridized carbons (Fsp3) is 0.333. The second-order valence-corrected chi connectivity index (χ2v) is 6.26. The molecule has 1 aliphatic rings. The number of carbonyl (C=O) groups excluding carboxylic acids is 1. The molecule has 134 valence electrons. The molecule has 0 spiro atoms. The van der Waals surface area contributed by atoms with Gasteiger partial charge in [-0.25, -0.2) is 4.39 Å². The highest BCUT2D eigenvalue weighted by Gasteiger charge is 2.20. The maximum Gasteiger partial charge on any atom is 0.188 e. The summed E-state index contributed by atoms with van der Waals surface area (Å²) < 4.78 is 20.9. The second-order valence-electron chi connectivity index (χ2n) is 6.26. The number of rotatable bonds is 6. The van der Waals surface area contributed by atoms with Gasteiger partial charge >= 0.3 is 0 Å². The Labute approximate surface area is 149 Å². The number of H-pyrrole nitrogens is 1. The number of nitrogens with zero attached hydrogens (tertiary/aromatic N) is 4. The number of aromatic nitrogens is 5. The van der Waals surface area contributed by atoms with Crippen LogP contribution >= 0.6 is 0 Å². The van der Waals surface area contributed by atoms with Crippen molar-refractivity contribution in [2.45, 2.75) is 31.8 Å². The molecule has 0 bridgehead atoms. The molecule has 1 aromatic carbocycles. The van der Waals surface area contributed by atoms with Crippen LogP contribution in [0.15, 0.2) is 36.5 Å². The molecule has 1 saturated heterocycles. The molecule has 0 amide bonds. The summed E-state index contributed by atoms with van der Waals surface area (Å²) in [5, 5.41) is 11.5.